The predicted molar refractivity (Wildman–Crippen MR) is 48.4 cm³/mol. The molecule has 0 aliphatic heterocycles. The first kappa shape index (κ1) is 10.9. The van der Waals surface area contributed by atoms with Gasteiger partial charge in [-0.25, -0.2) is 0 Å². The molecule has 0 aromatic rings. The number of hydrogen-bond donors (Lipinski definition) is 2. The second-order valence-electron chi connectivity index (χ2n) is 3.22. The molecule has 0 bridgehead atoms. The Morgan fingerprint density at radius 1 is 1.45 bits per heavy atom. The van der Waals surface area contributed by atoms with Crippen molar-refractivity contribution in [3.05, 3.63) is 6.92 Å². The van der Waals surface area contributed by atoms with Crippen molar-refractivity contribution in [3.8, 4) is 0 Å². The van der Waals surface area contributed by atoms with E-state index in [1.807, 2.05) is 0 Å². The van der Waals surface area contributed by atoms with Crippen molar-refractivity contribution in [2.45, 2.75) is 45.3 Å². The van der Waals surface area contributed by atoms with Gasteiger partial charge in [-0.2, -0.15) is 0 Å². The van der Waals surface area contributed by atoms with Gasteiger partial charge in [-0.3, -0.25) is 0 Å². The molecule has 0 aliphatic rings. The highest BCUT2D eigenvalue weighted by Crippen LogP contribution is 2.12. The lowest BCUT2D eigenvalue weighted by Crippen LogP contribution is -2.44. The van der Waals surface area contributed by atoms with Crippen molar-refractivity contribution < 1.29 is 5.11 Å². The second kappa shape index (κ2) is 4.73. The van der Waals surface area contributed by atoms with Gasteiger partial charge in [0.1, 0.15) is 0 Å². The van der Waals surface area contributed by atoms with Crippen LogP contribution in [-0.4, -0.2) is 23.3 Å². The van der Waals surface area contributed by atoms with E-state index in [-0.39, 0.29) is 11.6 Å². The Balaban J connectivity index is 3.69. The molecule has 2 nitrogen and oxygen atoms in total. The maximum absolute atomic E-state index is 9.02. The number of β-amino-alcohol motifs (C(OH)–C–C–N with tert-alkyl or cyclic N) is 1. The number of aliphatic hydroxyl groups excluding tert-OH is 1. The van der Waals surface area contributed by atoms with Gasteiger partial charge in [0.2, 0.25) is 0 Å². The van der Waals surface area contributed by atoms with E-state index in [0.717, 1.165) is 12.8 Å². The van der Waals surface area contributed by atoms with Gasteiger partial charge in [0.05, 0.1) is 6.10 Å². The highest BCUT2D eigenvalue weighted by Gasteiger charge is 2.18. The van der Waals surface area contributed by atoms with E-state index in [1.165, 1.54) is 0 Å². The van der Waals surface area contributed by atoms with Crippen molar-refractivity contribution in [1.29, 1.82) is 0 Å². The molecule has 0 aromatic carbocycles. The fourth-order valence-electron chi connectivity index (χ4n) is 0.864. The van der Waals surface area contributed by atoms with Crippen molar-refractivity contribution in [2.24, 2.45) is 0 Å². The minimum Gasteiger partial charge on any atom is -0.392 e. The van der Waals surface area contributed by atoms with E-state index in [2.05, 4.69) is 26.1 Å². The lowest BCUT2D eigenvalue weighted by Gasteiger charge is -2.28. The highest BCUT2D eigenvalue weighted by molar-refractivity contribution is 4.88. The zero-order valence-corrected chi connectivity index (χ0v) is 7.85. The molecule has 0 aliphatic carbocycles. The molecule has 67 valence electrons. The van der Waals surface area contributed by atoms with Gasteiger partial charge in [0, 0.05) is 12.1 Å². The normalized spacial score (nSPS) is 15.0. The molecule has 0 saturated carbocycles. The first-order valence-corrected chi connectivity index (χ1v) is 4.32. The number of hydrogen-bond acceptors (Lipinski definition) is 2. The van der Waals surface area contributed by atoms with Crippen LogP contribution >= 0.6 is 0 Å². The van der Waals surface area contributed by atoms with Crippen LogP contribution in [-0.2, 0) is 0 Å². The molecule has 1 radical (unpaired) electrons. The summed E-state index contributed by atoms with van der Waals surface area (Å²) in [4.78, 5) is 0. The fraction of sp³-hybridized carbons (Fsp3) is 0.889. The molecule has 1 unspecified atom stereocenters. The molecule has 0 heterocycles. The Labute approximate surface area is 70.0 Å². The zero-order valence-electron chi connectivity index (χ0n) is 7.85. The summed E-state index contributed by atoms with van der Waals surface area (Å²) in [7, 11) is 0. The van der Waals surface area contributed by atoms with Gasteiger partial charge < -0.3 is 10.4 Å². The minimum absolute atomic E-state index is 0.0447. The Hall–Kier alpha value is -0.0800. The van der Waals surface area contributed by atoms with Gasteiger partial charge >= 0.3 is 0 Å². The quantitative estimate of drug-likeness (QED) is 0.633. The summed E-state index contributed by atoms with van der Waals surface area (Å²) in [5, 5.41) is 12.3. The summed E-state index contributed by atoms with van der Waals surface area (Å²) in [5.41, 5.74) is -0.0447. The van der Waals surface area contributed by atoms with E-state index >= 15 is 0 Å². The maximum atomic E-state index is 9.02. The van der Waals surface area contributed by atoms with Crippen LogP contribution in [0.25, 0.3) is 0 Å². The Bertz CT molecular complexity index is 97.7. The van der Waals surface area contributed by atoms with Crippen LogP contribution in [0.4, 0.5) is 0 Å². The van der Waals surface area contributed by atoms with Crippen LogP contribution in [0.2, 0.25) is 0 Å². The molecule has 0 saturated heterocycles. The smallest absolute Gasteiger partial charge is 0.0636 e. The largest absolute Gasteiger partial charge is 0.392 e. The van der Waals surface area contributed by atoms with Crippen LogP contribution < -0.4 is 5.32 Å². The van der Waals surface area contributed by atoms with Crippen molar-refractivity contribution >= 4 is 0 Å². The Kier molecular flexibility index (Phi) is 4.69. The zero-order chi connectivity index (χ0) is 8.91. The van der Waals surface area contributed by atoms with Gasteiger partial charge in [0.15, 0.2) is 0 Å². The third-order valence-corrected chi connectivity index (χ3v) is 2.13. The van der Waals surface area contributed by atoms with Crippen LogP contribution in [0.5, 0.6) is 0 Å². The van der Waals surface area contributed by atoms with Crippen molar-refractivity contribution in [1.82, 2.24) is 5.32 Å². The molecule has 0 fully saturated rings. The first-order valence-electron chi connectivity index (χ1n) is 4.32. The SMILES string of the molecule is [CH2]C(CC)(CC)NCC(C)O. The van der Waals surface area contributed by atoms with Crippen molar-refractivity contribution in [2.75, 3.05) is 6.54 Å². The summed E-state index contributed by atoms with van der Waals surface area (Å²) < 4.78 is 0. The van der Waals surface area contributed by atoms with Gasteiger partial charge in [-0.1, -0.05) is 13.8 Å². The average Bonchev–Trinajstić information content (AvgIpc) is 2.00. The molecule has 0 rings (SSSR count). The molecule has 0 aromatic heterocycles. The van der Waals surface area contributed by atoms with E-state index < -0.39 is 0 Å². The molecule has 0 spiro atoms. The topological polar surface area (TPSA) is 32.3 Å². The van der Waals surface area contributed by atoms with E-state index in [4.69, 9.17) is 5.11 Å². The number of nitrogens with one attached hydrogen (secondary N) is 1. The van der Waals surface area contributed by atoms with Gasteiger partial charge in [0.25, 0.3) is 0 Å². The summed E-state index contributed by atoms with van der Waals surface area (Å²) in [5.74, 6) is 0. The van der Waals surface area contributed by atoms with E-state index in [0.29, 0.717) is 6.54 Å². The summed E-state index contributed by atoms with van der Waals surface area (Å²) in [6, 6.07) is 0. The predicted octanol–water partition coefficient (Wildman–Crippen LogP) is 1.35. The molecule has 1 atom stereocenters. The fourth-order valence-corrected chi connectivity index (χ4v) is 0.864. The minimum atomic E-state index is -0.283. The lowest BCUT2D eigenvalue weighted by molar-refractivity contribution is 0.176. The maximum Gasteiger partial charge on any atom is 0.0636 e. The summed E-state index contributed by atoms with van der Waals surface area (Å²) in [6.45, 7) is 10.7. The van der Waals surface area contributed by atoms with Crippen LogP contribution in [0.15, 0.2) is 0 Å². The van der Waals surface area contributed by atoms with Gasteiger partial charge in [-0.15, -0.1) is 0 Å². The molecule has 2 heteroatoms. The van der Waals surface area contributed by atoms with E-state index in [9.17, 15) is 0 Å². The van der Waals surface area contributed by atoms with E-state index in [1.54, 1.807) is 6.92 Å². The monoisotopic (exact) mass is 158 g/mol. The summed E-state index contributed by atoms with van der Waals surface area (Å²) in [6.07, 6.45) is 1.71. The number of aliphatic hydroxyl groups is 1. The molecule has 11 heavy (non-hydrogen) atoms. The lowest BCUT2D eigenvalue weighted by atomic mass is 9.95. The standard InChI is InChI=1S/C9H20NO/c1-5-9(4,6-2)10-7-8(3)11/h8,10-11H,4-7H2,1-3H3. The molecule has 0 amide bonds. The molecular formula is C9H20NO. The highest BCUT2D eigenvalue weighted by atomic mass is 16.3. The Morgan fingerprint density at radius 3 is 2.18 bits per heavy atom. The van der Waals surface area contributed by atoms with Gasteiger partial charge in [-0.05, 0) is 26.7 Å². The second-order valence-corrected chi connectivity index (χ2v) is 3.22. The molecule has 2 N–H and O–H groups in total. The molecular weight excluding hydrogens is 138 g/mol. The number of rotatable bonds is 5. The Morgan fingerprint density at radius 2 is 1.91 bits per heavy atom. The van der Waals surface area contributed by atoms with Crippen LogP contribution in [0.1, 0.15) is 33.6 Å². The summed E-state index contributed by atoms with van der Waals surface area (Å²) >= 11 is 0. The van der Waals surface area contributed by atoms with Crippen LogP contribution in [0, 0.1) is 6.92 Å². The first-order chi connectivity index (χ1) is 5.04. The van der Waals surface area contributed by atoms with Crippen LogP contribution in [0.3, 0.4) is 0 Å². The third kappa shape index (κ3) is 4.38. The third-order valence-electron chi connectivity index (χ3n) is 2.13. The van der Waals surface area contributed by atoms with Crippen molar-refractivity contribution in [3.63, 3.8) is 0 Å². The average molecular weight is 158 g/mol.